The molecule has 0 radical (unpaired) electrons. The van der Waals surface area contributed by atoms with Crippen LogP contribution in [0.5, 0.6) is 0 Å². The standard InChI is InChI=1S/C9H15N3/c1-3-9(11-4-2)12-7-5-10-6-8-12/h3-4,10H,1-2,5-8H2. The molecular formula is C9H15N3. The van der Waals surface area contributed by atoms with Gasteiger partial charge in [-0.25, -0.2) is 4.99 Å². The van der Waals surface area contributed by atoms with E-state index in [4.69, 9.17) is 0 Å². The minimum Gasteiger partial charge on any atom is -0.354 e. The Balaban J connectivity index is 2.57. The molecule has 1 saturated heterocycles. The summed E-state index contributed by atoms with van der Waals surface area (Å²) in [7, 11) is 0. The summed E-state index contributed by atoms with van der Waals surface area (Å²) in [5, 5.41) is 3.28. The van der Waals surface area contributed by atoms with Crippen LogP contribution in [0, 0.1) is 0 Å². The molecule has 0 amide bonds. The second-order valence-corrected chi connectivity index (χ2v) is 2.61. The van der Waals surface area contributed by atoms with E-state index in [-0.39, 0.29) is 0 Å². The van der Waals surface area contributed by atoms with Crippen molar-refractivity contribution in [3.05, 3.63) is 25.4 Å². The van der Waals surface area contributed by atoms with Gasteiger partial charge in [-0.3, -0.25) is 0 Å². The number of amidine groups is 1. The summed E-state index contributed by atoms with van der Waals surface area (Å²) in [5.74, 6) is 0.923. The molecule has 0 aromatic carbocycles. The summed E-state index contributed by atoms with van der Waals surface area (Å²) in [4.78, 5) is 6.33. The number of nitrogens with one attached hydrogen (secondary N) is 1. The molecule has 0 aliphatic carbocycles. The van der Waals surface area contributed by atoms with Crippen LogP contribution < -0.4 is 5.32 Å². The van der Waals surface area contributed by atoms with E-state index in [0.29, 0.717) is 0 Å². The maximum absolute atomic E-state index is 4.13. The molecule has 66 valence electrons. The van der Waals surface area contributed by atoms with Crippen molar-refractivity contribution in [2.45, 2.75) is 0 Å². The molecule has 0 saturated carbocycles. The van der Waals surface area contributed by atoms with Crippen LogP contribution in [0.2, 0.25) is 0 Å². The van der Waals surface area contributed by atoms with Crippen LogP contribution in [0.25, 0.3) is 0 Å². The molecule has 3 heteroatoms. The average Bonchev–Trinajstić information content (AvgIpc) is 2.15. The fourth-order valence-electron chi connectivity index (χ4n) is 1.25. The molecule has 0 aromatic heterocycles. The Hall–Kier alpha value is -1.09. The number of rotatable bonds is 2. The Morgan fingerprint density at radius 1 is 1.33 bits per heavy atom. The van der Waals surface area contributed by atoms with Crippen LogP contribution in [0.15, 0.2) is 30.4 Å². The topological polar surface area (TPSA) is 27.6 Å². The van der Waals surface area contributed by atoms with Crippen LogP contribution in [-0.2, 0) is 0 Å². The van der Waals surface area contributed by atoms with Crippen molar-refractivity contribution >= 4 is 5.84 Å². The number of piperazine rings is 1. The number of nitrogens with zero attached hydrogens (tertiary/aromatic N) is 2. The van der Waals surface area contributed by atoms with Crippen LogP contribution in [-0.4, -0.2) is 36.9 Å². The zero-order valence-corrected chi connectivity index (χ0v) is 7.29. The van der Waals surface area contributed by atoms with Gasteiger partial charge in [0.05, 0.1) is 0 Å². The average molecular weight is 165 g/mol. The third-order valence-electron chi connectivity index (χ3n) is 1.85. The summed E-state index contributed by atoms with van der Waals surface area (Å²) in [6.07, 6.45) is 3.33. The molecule has 0 atom stereocenters. The first-order valence-corrected chi connectivity index (χ1v) is 4.15. The van der Waals surface area contributed by atoms with Crippen molar-refractivity contribution in [1.82, 2.24) is 10.2 Å². The van der Waals surface area contributed by atoms with Gasteiger partial charge in [0.25, 0.3) is 0 Å². The lowest BCUT2D eigenvalue weighted by atomic mass is 10.3. The van der Waals surface area contributed by atoms with E-state index in [9.17, 15) is 0 Å². The third-order valence-corrected chi connectivity index (χ3v) is 1.85. The largest absolute Gasteiger partial charge is 0.354 e. The van der Waals surface area contributed by atoms with Gasteiger partial charge < -0.3 is 10.2 Å². The van der Waals surface area contributed by atoms with Crippen molar-refractivity contribution < 1.29 is 0 Å². The Kier molecular flexibility index (Phi) is 3.54. The van der Waals surface area contributed by atoms with Gasteiger partial charge in [-0.15, -0.1) is 0 Å². The summed E-state index contributed by atoms with van der Waals surface area (Å²) >= 11 is 0. The quantitative estimate of drug-likeness (QED) is 0.480. The first-order chi connectivity index (χ1) is 5.88. The highest BCUT2D eigenvalue weighted by Crippen LogP contribution is 1.96. The molecule has 3 nitrogen and oxygen atoms in total. The Morgan fingerprint density at radius 3 is 2.50 bits per heavy atom. The van der Waals surface area contributed by atoms with Gasteiger partial charge in [0.15, 0.2) is 0 Å². The first-order valence-electron chi connectivity index (χ1n) is 4.15. The zero-order valence-electron chi connectivity index (χ0n) is 7.29. The van der Waals surface area contributed by atoms with Crippen molar-refractivity contribution in [1.29, 1.82) is 0 Å². The van der Waals surface area contributed by atoms with E-state index < -0.39 is 0 Å². The number of hydrogen-bond acceptors (Lipinski definition) is 2. The van der Waals surface area contributed by atoms with E-state index in [2.05, 4.69) is 28.4 Å². The van der Waals surface area contributed by atoms with Crippen molar-refractivity contribution in [2.24, 2.45) is 4.99 Å². The molecule has 12 heavy (non-hydrogen) atoms. The molecule has 1 aliphatic rings. The Labute approximate surface area is 73.5 Å². The van der Waals surface area contributed by atoms with E-state index in [0.717, 1.165) is 32.0 Å². The summed E-state index contributed by atoms with van der Waals surface area (Å²) in [5.41, 5.74) is 0. The fraction of sp³-hybridized carbons (Fsp3) is 0.444. The lowest BCUT2D eigenvalue weighted by molar-refractivity contribution is 0.359. The van der Waals surface area contributed by atoms with Crippen LogP contribution in [0.3, 0.4) is 0 Å². The smallest absolute Gasteiger partial charge is 0.127 e. The predicted octanol–water partition coefficient (Wildman–Crippen LogP) is 0.620. The van der Waals surface area contributed by atoms with Gasteiger partial charge in [0.2, 0.25) is 0 Å². The van der Waals surface area contributed by atoms with Gasteiger partial charge >= 0.3 is 0 Å². The summed E-state index contributed by atoms with van der Waals surface area (Å²) in [6, 6.07) is 0. The monoisotopic (exact) mass is 165 g/mol. The highest BCUT2D eigenvalue weighted by molar-refractivity contribution is 5.92. The van der Waals surface area contributed by atoms with Gasteiger partial charge in [0.1, 0.15) is 5.84 Å². The minimum absolute atomic E-state index is 0.923. The SMILES string of the molecule is C=CN=C(C=C)N1CCNCC1. The van der Waals surface area contributed by atoms with Gasteiger partial charge in [0, 0.05) is 32.4 Å². The normalized spacial score (nSPS) is 19.0. The van der Waals surface area contributed by atoms with Crippen molar-refractivity contribution in [2.75, 3.05) is 26.2 Å². The molecule has 1 aliphatic heterocycles. The van der Waals surface area contributed by atoms with Crippen molar-refractivity contribution in [3.63, 3.8) is 0 Å². The zero-order chi connectivity index (χ0) is 8.81. The molecule has 0 unspecified atom stereocenters. The maximum Gasteiger partial charge on any atom is 0.127 e. The van der Waals surface area contributed by atoms with Gasteiger partial charge in [-0.05, 0) is 6.08 Å². The molecule has 0 aromatic rings. The fourth-order valence-corrected chi connectivity index (χ4v) is 1.25. The molecular weight excluding hydrogens is 150 g/mol. The van der Waals surface area contributed by atoms with Crippen LogP contribution in [0.1, 0.15) is 0 Å². The second-order valence-electron chi connectivity index (χ2n) is 2.61. The molecule has 1 fully saturated rings. The molecule has 1 rings (SSSR count). The van der Waals surface area contributed by atoms with E-state index in [1.807, 2.05) is 0 Å². The van der Waals surface area contributed by atoms with Crippen molar-refractivity contribution in [3.8, 4) is 0 Å². The maximum atomic E-state index is 4.13. The first kappa shape index (κ1) is 9.00. The van der Waals surface area contributed by atoms with Gasteiger partial charge in [-0.1, -0.05) is 13.2 Å². The Morgan fingerprint density at radius 2 is 2.00 bits per heavy atom. The molecule has 0 bridgehead atoms. The van der Waals surface area contributed by atoms with E-state index >= 15 is 0 Å². The summed E-state index contributed by atoms with van der Waals surface area (Å²) < 4.78 is 0. The highest BCUT2D eigenvalue weighted by atomic mass is 15.2. The lowest BCUT2D eigenvalue weighted by Crippen LogP contribution is -2.45. The predicted molar refractivity (Wildman–Crippen MR) is 52.3 cm³/mol. The van der Waals surface area contributed by atoms with Crippen LogP contribution >= 0.6 is 0 Å². The highest BCUT2D eigenvalue weighted by Gasteiger charge is 2.10. The summed E-state index contributed by atoms with van der Waals surface area (Å²) in [6.45, 7) is 11.3. The Bertz CT molecular complexity index is 190. The van der Waals surface area contributed by atoms with Gasteiger partial charge in [-0.2, -0.15) is 0 Å². The third kappa shape index (κ3) is 2.20. The van der Waals surface area contributed by atoms with E-state index in [1.54, 1.807) is 12.3 Å². The molecule has 1 heterocycles. The number of hydrogen-bond donors (Lipinski definition) is 1. The second kappa shape index (κ2) is 4.72. The molecule has 0 spiro atoms. The lowest BCUT2D eigenvalue weighted by Gasteiger charge is -2.28. The number of aliphatic imine (C=N–C) groups is 1. The molecule has 1 N–H and O–H groups in total. The minimum atomic E-state index is 0.923. The van der Waals surface area contributed by atoms with E-state index in [1.165, 1.54) is 0 Å². The van der Waals surface area contributed by atoms with Crippen LogP contribution in [0.4, 0.5) is 0 Å².